The number of amides is 1. The third-order valence-corrected chi connectivity index (χ3v) is 6.86. The summed E-state index contributed by atoms with van der Waals surface area (Å²) in [6.07, 6.45) is 4.76. The monoisotopic (exact) mass is 466 g/mol. The molecule has 172 valence electrons. The fourth-order valence-electron chi connectivity index (χ4n) is 4.83. The molecule has 5 rings (SSSR count). The smallest absolute Gasteiger partial charge is 0.222 e. The molecule has 10 heteroatoms. The third kappa shape index (κ3) is 3.99. The van der Waals surface area contributed by atoms with Crippen LogP contribution in [-0.4, -0.2) is 46.5 Å². The zero-order chi connectivity index (χ0) is 23.1. The molecule has 0 radical (unpaired) electrons. The molecule has 33 heavy (non-hydrogen) atoms. The molecule has 0 bridgehead atoms. The molecule has 9 nitrogen and oxygen atoms in total. The van der Waals surface area contributed by atoms with Crippen LogP contribution >= 0.6 is 11.6 Å². The van der Waals surface area contributed by atoms with E-state index in [4.69, 9.17) is 28.9 Å². The van der Waals surface area contributed by atoms with Crippen LogP contribution in [0.25, 0.3) is 10.9 Å². The van der Waals surface area contributed by atoms with Gasteiger partial charge in [-0.2, -0.15) is 5.10 Å². The molecule has 1 saturated heterocycles. The van der Waals surface area contributed by atoms with E-state index >= 15 is 0 Å². The van der Waals surface area contributed by atoms with Crippen LogP contribution in [0.15, 0.2) is 60.4 Å². The van der Waals surface area contributed by atoms with Gasteiger partial charge in [-0.3, -0.25) is 20.6 Å². The maximum absolute atomic E-state index is 12.0. The van der Waals surface area contributed by atoms with Crippen LogP contribution < -0.4 is 27.1 Å². The molecular formula is C23H27ClN8O. The molecule has 7 N–H and O–H groups in total. The Kier molecular flexibility index (Phi) is 5.61. The molecule has 2 aromatic carbocycles. The van der Waals surface area contributed by atoms with Crippen molar-refractivity contribution in [2.75, 3.05) is 22.9 Å². The highest BCUT2D eigenvalue weighted by Crippen LogP contribution is 2.35. The first-order valence-electron chi connectivity index (χ1n) is 10.9. The summed E-state index contributed by atoms with van der Waals surface area (Å²) in [4.78, 5) is 16.1. The molecule has 0 aliphatic carbocycles. The predicted octanol–water partition coefficient (Wildman–Crippen LogP) is 2.11. The van der Waals surface area contributed by atoms with E-state index < -0.39 is 6.29 Å². The number of fused-ring (bicyclic) bond motifs is 1. The molecule has 2 aliphatic heterocycles. The molecule has 1 fully saturated rings. The van der Waals surface area contributed by atoms with Crippen LogP contribution in [0.2, 0.25) is 5.02 Å². The van der Waals surface area contributed by atoms with E-state index in [2.05, 4.69) is 21.2 Å². The highest BCUT2D eigenvalue weighted by Gasteiger charge is 2.38. The second kappa shape index (κ2) is 8.58. The van der Waals surface area contributed by atoms with Crippen LogP contribution in [0.4, 0.5) is 11.4 Å². The van der Waals surface area contributed by atoms with E-state index in [9.17, 15) is 4.79 Å². The number of hydrazine groups is 1. The van der Waals surface area contributed by atoms with Crippen molar-refractivity contribution in [1.82, 2.24) is 15.2 Å². The number of H-pyrrole nitrogens is 1. The Morgan fingerprint density at radius 1 is 1.12 bits per heavy atom. The highest BCUT2D eigenvalue weighted by atomic mass is 35.5. The van der Waals surface area contributed by atoms with Crippen LogP contribution in [0, 0.1) is 5.92 Å². The quantitative estimate of drug-likeness (QED) is 0.432. The molecule has 1 aromatic heterocycles. The van der Waals surface area contributed by atoms with Gasteiger partial charge in [0.1, 0.15) is 0 Å². The van der Waals surface area contributed by atoms with Gasteiger partial charge in [0.05, 0.1) is 29.4 Å². The Morgan fingerprint density at radius 3 is 2.73 bits per heavy atom. The van der Waals surface area contributed by atoms with E-state index in [1.807, 2.05) is 47.4 Å². The van der Waals surface area contributed by atoms with Gasteiger partial charge in [-0.05, 0) is 55.3 Å². The van der Waals surface area contributed by atoms with Gasteiger partial charge in [-0.25, -0.2) is 5.84 Å². The molecule has 2 unspecified atom stereocenters. The van der Waals surface area contributed by atoms with Gasteiger partial charge in [0.15, 0.2) is 6.29 Å². The number of halogens is 1. The number of rotatable bonds is 4. The fourth-order valence-corrected chi connectivity index (χ4v) is 5.01. The fraction of sp³-hybridized carbons (Fsp3) is 0.304. The van der Waals surface area contributed by atoms with Gasteiger partial charge in [-0.15, -0.1) is 0 Å². The lowest BCUT2D eigenvalue weighted by Gasteiger charge is -2.48. The number of piperidine rings is 1. The standard InChI is InChI=1S/C23H27ClN8O/c24-16-2-1-3-17(10-16)31-13-15(22(25)33)5-7-20(31)21-8-9-30(23(26)32(21)27)18-6-4-14-12-28-29-19(14)11-18/h1-4,6,8,10-12,15,20,23H,5,7,9,13,26-27H2,(H2,25,33)(H,28,29)/t15-,20?,23?/m0/s1. The van der Waals surface area contributed by atoms with E-state index in [-0.39, 0.29) is 17.9 Å². The Hall–Kier alpha value is -3.27. The van der Waals surface area contributed by atoms with Crippen LogP contribution in [0.3, 0.4) is 0 Å². The topological polar surface area (TPSA) is 134 Å². The van der Waals surface area contributed by atoms with E-state index in [1.54, 1.807) is 11.2 Å². The summed E-state index contributed by atoms with van der Waals surface area (Å²) < 4.78 is 0. The Bertz CT molecular complexity index is 1210. The number of hydrogen-bond donors (Lipinski definition) is 4. The molecule has 3 heterocycles. The summed E-state index contributed by atoms with van der Waals surface area (Å²) in [6, 6.07) is 13.6. The number of anilines is 2. The van der Waals surface area contributed by atoms with Gasteiger partial charge in [0.2, 0.25) is 5.91 Å². The van der Waals surface area contributed by atoms with Crippen molar-refractivity contribution in [2.24, 2.45) is 23.2 Å². The third-order valence-electron chi connectivity index (χ3n) is 6.62. The number of aromatic nitrogens is 2. The lowest BCUT2D eigenvalue weighted by Crippen LogP contribution is -2.63. The van der Waals surface area contributed by atoms with Gasteiger partial charge in [-0.1, -0.05) is 17.7 Å². The normalized spacial score (nSPS) is 23.7. The number of primary amides is 1. The first-order chi connectivity index (χ1) is 15.9. The first kappa shape index (κ1) is 21.6. The van der Waals surface area contributed by atoms with Crippen LogP contribution in [0.1, 0.15) is 12.8 Å². The van der Waals surface area contributed by atoms with Crippen molar-refractivity contribution in [3.63, 3.8) is 0 Å². The second-order valence-electron chi connectivity index (χ2n) is 8.57. The number of benzene rings is 2. The van der Waals surface area contributed by atoms with Crippen LogP contribution in [0.5, 0.6) is 0 Å². The van der Waals surface area contributed by atoms with Gasteiger partial charge < -0.3 is 15.5 Å². The predicted molar refractivity (Wildman–Crippen MR) is 130 cm³/mol. The minimum Gasteiger partial charge on any atom is -0.369 e. The Balaban J connectivity index is 1.45. The molecule has 3 atom stereocenters. The number of nitrogens with one attached hydrogen (secondary N) is 1. The summed E-state index contributed by atoms with van der Waals surface area (Å²) in [5.74, 6) is 6.05. The maximum Gasteiger partial charge on any atom is 0.222 e. The minimum absolute atomic E-state index is 0.0487. The van der Waals surface area contributed by atoms with Crippen molar-refractivity contribution < 1.29 is 4.79 Å². The lowest BCUT2D eigenvalue weighted by atomic mass is 9.89. The number of aromatic amines is 1. The van der Waals surface area contributed by atoms with E-state index in [1.165, 1.54) is 0 Å². The minimum atomic E-state index is -0.555. The molecule has 3 aromatic rings. The van der Waals surface area contributed by atoms with Gasteiger partial charge >= 0.3 is 0 Å². The molecule has 2 aliphatic rings. The average molecular weight is 467 g/mol. The van der Waals surface area contributed by atoms with Gasteiger partial charge in [0.25, 0.3) is 0 Å². The number of nitrogens with two attached hydrogens (primary N) is 3. The lowest BCUT2D eigenvalue weighted by molar-refractivity contribution is -0.122. The van der Waals surface area contributed by atoms with Crippen LogP contribution in [-0.2, 0) is 4.79 Å². The number of nitrogens with zero attached hydrogens (tertiary/aromatic N) is 4. The highest BCUT2D eigenvalue weighted by molar-refractivity contribution is 6.30. The summed E-state index contributed by atoms with van der Waals surface area (Å²) in [7, 11) is 0. The van der Waals surface area contributed by atoms with E-state index in [0.717, 1.165) is 34.4 Å². The SMILES string of the molecule is NC(=O)[C@H]1CCC(C2=CCN(c3ccc4cn[nH]c4c3)C(N)N2N)N(c2cccc(Cl)c2)C1. The molecule has 1 amide bonds. The van der Waals surface area contributed by atoms with Crippen molar-refractivity contribution in [3.8, 4) is 0 Å². The molecule has 0 spiro atoms. The summed E-state index contributed by atoms with van der Waals surface area (Å²) in [5.41, 5.74) is 16.0. The van der Waals surface area contributed by atoms with E-state index in [0.29, 0.717) is 24.5 Å². The molecular weight excluding hydrogens is 440 g/mol. The Morgan fingerprint density at radius 2 is 1.94 bits per heavy atom. The first-order valence-corrected chi connectivity index (χ1v) is 11.3. The number of carbonyl (C=O) groups is 1. The van der Waals surface area contributed by atoms with Crippen molar-refractivity contribution in [3.05, 3.63) is 65.5 Å². The average Bonchev–Trinajstić information content (AvgIpc) is 3.28. The molecule has 0 saturated carbocycles. The Labute approximate surface area is 196 Å². The second-order valence-corrected chi connectivity index (χ2v) is 9.00. The summed E-state index contributed by atoms with van der Waals surface area (Å²) in [6.45, 7) is 1.10. The number of hydrogen-bond acceptors (Lipinski definition) is 7. The van der Waals surface area contributed by atoms with Crippen molar-refractivity contribution >= 4 is 39.8 Å². The van der Waals surface area contributed by atoms with Crippen molar-refractivity contribution in [1.29, 1.82) is 0 Å². The zero-order valence-electron chi connectivity index (χ0n) is 18.1. The zero-order valence-corrected chi connectivity index (χ0v) is 18.8. The van der Waals surface area contributed by atoms with Crippen molar-refractivity contribution in [2.45, 2.75) is 25.2 Å². The van der Waals surface area contributed by atoms with Gasteiger partial charge in [0, 0.05) is 34.9 Å². The summed E-state index contributed by atoms with van der Waals surface area (Å²) in [5, 5.41) is 10.4. The number of carbonyl (C=O) groups excluding carboxylic acids is 1. The largest absolute Gasteiger partial charge is 0.369 e. The summed E-state index contributed by atoms with van der Waals surface area (Å²) >= 11 is 6.27. The maximum atomic E-state index is 12.0.